The van der Waals surface area contributed by atoms with Gasteiger partial charge in [0.05, 0.1) is 10.6 Å². The number of halogens is 2. The molecule has 0 radical (unpaired) electrons. The van der Waals surface area contributed by atoms with Gasteiger partial charge in [0, 0.05) is 0 Å². The number of piperidine rings is 1. The summed E-state index contributed by atoms with van der Waals surface area (Å²) in [7, 11) is 0. The molecule has 3 rings (SSSR count). The molecule has 0 aromatic heterocycles. The molecule has 1 aromatic rings. The molecule has 0 saturated carbocycles. The molecule has 6 heteroatoms. The normalized spacial score (nSPS) is 21.4. The number of carbonyl (C=O) groups excluding carboxylic acids is 1. The van der Waals surface area contributed by atoms with Crippen molar-refractivity contribution in [3.63, 3.8) is 0 Å². The van der Waals surface area contributed by atoms with E-state index in [9.17, 15) is 9.18 Å². The minimum atomic E-state index is -0.741. The summed E-state index contributed by atoms with van der Waals surface area (Å²) in [6.45, 7) is 1.48. The molecular weight excluding hydrogens is 269 g/mol. The molecule has 1 saturated heterocycles. The molecule has 2 aliphatic heterocycles. The summed E-state index contributed by atoms with van der Waals surface area (Å²) >= 11 is 5.75. The second-order valence-electron chi connectivity index (χ2n) is 4.80. The van der Waals surface area contributed by atoms with Crippen LogP contribution in [0.2, 0.25) is 5.02 Å². The zero-order valence-corrected chi connectivity index (χ0v) is 10.9. The van der Waals surface area contributed by atoms with Crippen molar-refractivity contribution in [2.75, 3.05) is 13.1 Å². The molecule has 2 N–H and O–H groups in total. The Kier molecular flexibility index (Phi) is 3.03. The lowest BCUT2D eigenvalue weighted by Crippen LogP contribution is -2.47. The predicted molar refractivity (Wildman–Crippen MR) is 70.9 cm³/mol. The number of hydrogen-bond donors (Lipinski definition) is 2. The van der Waals surface area contributed by atoms with Crippen LogP contribution in [0.25, 0.3) is 0 Å². The lowest BCUT2D eigenvalue weighted by atomic mass is 9.89. The first-order valence-electron chi connectivity index (χ1n) is 6.19. The molecule has 4 nitrogen and oxygen atoms in total. The molecule has 1 fully saturated rings. The van der Waals surface area contributed by atoms with E-state index in [1.807, 2.05) is 0 Å². The van der Waals surface area contributed by atoms with Gasteiger partial charge in [0.2, 0.25) is 0 Å². The minimum Gasteiger partial charge on any atom is -0.317 e. The Morgan fingerprint density at radius 1 is 1.32 bits per heavy atom. The van der Waals surface area contributed by atoms with Gasteiger partial charge in [0.1, 0.15) is 11.4 Å². The Balaban J connectivity index is 2.00. The Morgan fingerprint density at radius 2 is 2.05 bits per heavy atom. The Morgan fingerprint density at radius 3 is 2.79 bits per heavy atom. The number of amidine groups is 1. The first kappa shape index (κ1) is 12.6. The first-order valence-corrected chi connectivity index (χ1v) is 6.57. The summed E-state index contributed by atoms with van der Waals surface area (Å²) in [6.07, 6.45) is 1.26. The molecule has 19 heavy (non-hydrogen) atoms. The third-order valence-corrected chi connectivity index (χ3v) is 3.91. The smallest absolute Gasteiger partial charge is 0.253 e. The van der Waals surface area contributed by atoms with Crippen LogP contribution in [0, 0.1) is 5.82 Å². The van der Waals surface area contributed by atoms with Gasteiger partial charge in [-0.3, -0.25) is 9.79 Å². The SMILES string of the molecule is O=C1NC(c2cccc(Cl)c2F)=NC12CCNCC2. The lowest BCUT2D eigenvalue weighted by Gasteiger charge is -2.28. The van der Waals surface area contributed by atoms with Crippen molar-refractivity contribution in [2.45, 2.75) is 18.4 Å². The van der Waals surface area contributed by atoms with E-state index in [4.69, 9.17) is 11.6 Å². The summed E-state index contributed by atoms with van der Waals surface area (Å²) in [4.78, 5) is 16.6. The van der Waals surface area contributed by atoms with Gasteiger partial charge in [-0.25, -0.2) is 4.39 Å². The molecule has 2 heterocycles. The van der Waals surface area contributed by atoms with Crippen LogP contribution in [0.3, 0.4) is 0 Å². The molecule has 0 bridgehead atoms. The summed E-state index contributed by atoms with van der Waals surface area (Å²) < 4.78 is 14.0. The standard InChI is InChI=1S/C13H13ClFN3O/c14-9-3-1-2-8(10(9)15)11-17-12(19)13(18-11)4-6-16-7-5-13/h1-3,16H,4-7H2,(H,17,18,19). The highest BCUT2D eigenvalue weighted by molar-refractivity contribution is 6.31. The van der Waals surface area contributed by atoms with Gasteiger partial charge in [-0.2, -0.15) is 0 Å². The number of benzene rings is 1. The average molecular weight is 282 g/mol. The summed E-state index contributed by atoms with van der Waals surface area (Å²) in [5, 5.41) is 5.90. The van der Waals surface area contributed by atoms with Crippen molar-refractivity contribution < 1.29 is 9.18 Å². The monoisotopic (exact) mass is 281 g/mol. The quantitative estimate of drug-likeness (QED) is 0.819. The number of hydrogen-bond acceptors (Lipinski definition) is 3. The molecule has 100 valence electrons. The zero-order chi connectivity index (χ0) is 13.5. The van der Waals surface area contributed by atoms with Crippen molar-refractivity contribution in [3.05, 3.63) is 34.6 Å². The van der Waals surface area contributed by atoms with Crippen LogP contribution in [0.5, 0.6) is 0 Å². The number of amides is 1. The minimum absolute atomic E-state index is 0.0284. The Hall–Kier alpha value is -1.46. The predicted octanol–water partition coefficient (Wildman–Crippen LogP) is 1.48. The van der Waals surface area contributed by atoms with Crippen molar-refractivity contribution in [3.8, 4) is 0 Å². The third-order valence-electron chi connectivity index (χ3n) is 3.62. The van der Waals surface area contributed by atoms with Crippen molar-refractivity contribution in [2.24, 2.45) is 4.99 Å². The summed E-state index contributed by atoms with van der Waals surface area (Å²) in [6, 6.07) is 4.68. The van der Waals surface area contributed by atoms with Crippen molar-refractivity contribution in [1.82, 2.24) is 10.6 Å². The number of aliphatic imine (C=N–C) groups is 1. The average Bonchev–Trinajstić information content (AvgIpc) is 2.71. The van der Waals surface area contributed by atoms with Gasteiger partial charge in [0.15, 0.2) is 5.82 Å². The van der Waals surface area contributed by atoms with Gasteiger partial charge < -0.3 is 10.6 Å². The fourth-order valence-electron chi connectivity index (χ4n) is 2.51. The number of rotatable bonds is 1. The third kappa shape index (κ3) is 2.03. The Bertz CT molecular complexity index is 567. The van der Waals surface area contributed by atoms with E-state index >= 15 is 0 Å². The van der Waals surface area contributed by atoms with Gasteiger partial charge >= 0.3 is 0 Å². The maximum Gasteiger partial charge on any atom is 0.253 e. The van der Waals surface area contributed by atoms with E-state index in [0.29, 0.717) is 12.8 Å². The van der Waals surface area contributed by atoms with E-state index in [2.05, 4.69) is 15.6 Å². The van der Waals surface area contributed by atoms with Gasteiger partial charge in [-0.1, -0.05) is 17.7 Å². The molecule has 0 atom stereocenters. The van der Waals surface area contributed by atoms with E-state index in [1.54, 1.807) is 12.1 Å². The van der Waals surface area contributed by atoms with E-state index in [-0.39, 0.29) is 22.3 Å². The van der Waals surface area contributed by atoms with Crippen molar-refractivity contribution >= 4 is 23.3 Å². The second-order valence-corrected chi connectivity index (χ2v) is 5.20. The van der Waals surface area contributed by atoms with Crippen LogP contribution < -0.4 is 10.6 Å². The fraction of sp³-hybridized carbons (Fsp3) is 0.385. The van der Waals surface area contributed by atoms with Gasteiger partial charge in [-0.15, -0.1) is 0 Å². The highest BCUT2D eigenvalue weighted by Gasteiger charge is 2.44. The fourth-order valence-corrected chi connectivity index (χ4v) is 2.68. The highest BCUT2D eigenvalue weighted by Crippen LogP contribution is 2.29. The topological polar surface area (TPSA) is 53.5 Å². The first-order chi connectivity index (χ1) is 9.12. The summed E-state index contributed by atoms with van der Waals surface area (Å²) in [5.41, 5.74) is -0.494. The molecular formula is C13H13ClFN3O. The van der Waals surface area contributed by atoms with Crippen LogP contribution in [-0.2, 0) is 4.79 Å². The second kappa shape index (κ2) is 4.58. The lowest BCUT2D eigenvalue weighted by molar-refractivity contribution is -0.124. The molecule has 1 amide bonds. The molecule has 2 aliphatic rings. The molecule has 0 unspecified atom stereocenters. The van der Waals surface area contributed by atoms with E-state index in [1.165, 1.54) is 6.07 Å². The van der Waals surface area contributed by atoms with Gasteiger partial charge in [-0.05, 0) is 38.1 Å². The zero-order valence-electron chi connectivity index (χ0n) is 10.2. The van der Waals surface area contributed by atoms with E-state index in [0.717, 1.165) is 13.1 Å². The van der Waals surface area contributed by atoms with Crippen LogP contribution in [0.1, 0.15) is 18.4 Å². The van der Waals surface area contributed by atoms with E-state index < -0.39 is 11.4 Å². The number of nitrogens with zero attached hydrogens (tertiary/aromatic N) is 1. The largest absolute Gasteiger partial charge is 0.317 e. The maximum absolute atomic E-state index is 14.0. The number of carbonyl (C=O) groups is 1. The molecule has 1 spiro atoms. The van der Waals surface area contributed by atoms with Crippen LogP contribution in [-0.4, -0.2) is 30.4 Å². The van der Waals surface area contributed by atoms with Crippen LogP contribution in [0.4, 0.5) is 4.39 Å². The molecule has 1 aromatic carbocycles. The highest BCUT2D eigenvalue weighted by atomic mass is 35.5. The summed E-state index contributed by atoms with van der Waals surface area (Å²) in [5.74, 6) is -0.413. The number of nitrogens with one attached hydrogen (secondary N) is 2. The molecule has 0 aliphatic carbocycles. The van der Waals surface area contributed by atoms with Gasteiger partial charge in [0.25, 0.3) is 5.91 Å². The Labute approximate surface area is 115 Å². The maximum atomic E-state index is 14.0. The van der Waals surface area contributed by atoms with Crippen LogP contribution >= 0.6 is 11.6 Å². The van der Waals surface area contributed by atoms with Crippen molar-refractivity contribution in [1.29, 1.82) is 0 Å². The van der Waals surface area contributed by atoms with Crippen LogP contribution in [0.15, 0.2) is 23.2 Å².